The molecule has 1 saturated carbocycles. The molecule has 1 aliphatic rings. The zero-order valence-corrected chi connectivity index (χ0v) is 10.8. The monoisotopic (exact) mass is 264 g/mol. The molecule has 17 heavy (non-hydrogen) atoms. The quantitative estimate of drug-likeness (QED) is 0.734. The van der Waals surface area contributed by atoms with Gasteiger partial charge in [-0.25, -0.2) is 0 Å². The van der Waals surface area contributed by atoms with Gasteiger partial charge in [0, 0.05) is 6.42 Å². The Kier molecular flexibility index (Phi) is 4.86. The van der Waals surface area contributed by atoms with Crippen molar-refractivity contribution in [2.24, 2.45) is 5.92 Å². The van der Waals surface area contributed by atoms with Crippen LogP contribution in [0.2, 0.25) is 0 Å². The SMILES string of the molecule is CCOP(=O)(OCC)C1C(=O)CCC1C(=O)O. The molecule has 1 aliphatic carbocycles. The molecule has 0 aromatic heterocycles. The summed E-state index contributed by atoms with van der Waals surface area (Å²) in [4.78, 5) is 22.7. The summed E-state index contributed by atoms with van der Waals surface area (Å²) in [5.74, 6) is -2.44. The van der Waals surface area contributed by atoms with Crippen LogP contribution in [0.15, 0.2) is 0 Å². The van der Waals surface area contributed by atoms with Crippen molar-refractivity contribution in [2.75, 3.05) is 13.2 Å². The average Bonchev–Trinajstić information content (AvgIpc) is 2.61. The van der Waals surface area contributed by atoms with Crippen LogP contribution in [0.3, 0.4) is 0 Å². The molecule has 0 amide bonds. The fourth-order valence-electron chi connectivity index (χ4n) is 2.04. The van der Waals surface area contributed by atoms with Crippen molar-refractivity contribution in [1.29, 1.82) is 0 Å². The lowest BCUT2D eigenvalue weighted by Gasteiger charge is -2.24. The van der Waals surface area contributed by atoms with Crippen molar-refractivity contribution >= 4 is 19.3 Å². The molecule has 6 nitrogen and oxygen atoms in total. The van der Waals surface area contributed by atoms with Crippen LogP contribution >= 0.6 is 7.60 Å². The second-order valence-corrected chi connectivity index (χ2v) is 5.92. The summed E-state index contributed by atoms with van der Waals surface area (Å²) >= 11 is 0. The van der Waals surface area contributed by atoms with Gasteiger partial charge in [-0.3, -0.25) is 14.2 Å². The highest BCUT2D eigenvalue weighted by molar-refractivity contribution is 7.55. The molecule has 2 atom stereocenters. The molecule has 1 rings (SSSR count). The molecule has 98 valence electrons. The van der Waals surface area contributed by atoms with Crippen LogP contribution in [0.4, 0.5) is 0 Å². The summed E-state index contributed by atoms with van der Waals surface area (Å²) in [6.07, 6.45) is 0.314. The van der Waals surface area contributed by atoms with Crippen molar-refractivity contribution in [2.45, 2.75) is 32.3 Å². The summed E-state index contributed by atoms with van der Waals surface area (Å²) in [6, 6.07) is 0. The molecule has 7 heteroatoms. The first-order valence-corrected chi connectivity index (χ1v) is 7.21. The Balaban J connectivity index is 3.02. The minimum atomic E-state index is -3.66. The van der Waals surface area contributed by atoms with Crippen molar-refractivity contribution in [3.05, 3.63) is 0 Å². The van der Waals surface area contributed by atoms with Crippen LogP contribution in [0, 0.1) is 5.92 Å². The number of carboxylic acids is 1. The number of carboxylic acid groups (broad SMARTS) is 1. The standard InChI is InChI=1S/C10H17O6P/c1-3-15-17(14,16-4-2)9-7(10(12)13)5-6-8(9)11/h7,9H,3-6H2,1-2H3,(H,12,13). The van der Waals surface area contributed by atoms with Gasteiger partial charge in [0.05, 0.1) is 19.1 Å². The van der Waals surface area contributed by atoms with Gasteiger partial charge in [0.15, 0.2) is 0 Å². The number of carbonyl (C=O) groups excluding carboxylic acids is 1. The maximum atomic E-state index is 12.4. The fourth-order valence-corrected chi connectivity index (χ4v) is 4.36. The molecule has 1 fully saturated rings. The minimum Gasteiger partial charge on any atom is -0.481 e. The van der Waals surface area contributed by atoms with E-state index >= 15 is 0 Å². The van der Waals surface area contributed by atoms with E-state index in [1.165, 1.54) is 0 Å². The summed E-state index contributed by atoms with van der Waals surface area (Å²) in [5.41, 5.74) is -1.15. The molecular formula is C10H17O6P. The highest BCUT2D eigenvalue weighted by atomic mass is 31.2. The third-order valence-corrected chi connectivity index (χ3v) is 5.25. The molecule has 0 aromatic rings. The van der Waals surface area contributed by atoms with Crippen LogP contribution in [0.25, 0.3) is 0 Å². The van der Waals surface area contributed by atoms with Gasteiger partial charge in [0.2, 0.25) is 0 Å². The van der Waals surface area contributed by atoms with Crippen LogP contribution in [0.1, 0.15) is 26.7 Å². The van der Waals surface area contributed by atoms with Crippen LogP contribution < -0.4 is 0 Å². The van der Waals surface area contributed by atoms with Crippen molar-refractivity contribution < 1.29 is 28.3 Å². The second-order valence-electron chi connectivity index (χ2n) is 3.77. The van der Waals surface area contributed by atoms with Gasteiger partial charge in [-0.05, 0) is 20.3 Å². The van der Waals surface area contributed by atoms with Crippen molar-refractivity contribution in [3.8, 4) is 0 Å². The first-order valence-electron chi connectivity index (χ1n) is 5.60. The van der Waals surface area contributed by atoms with E-state index in [1.807, 2.05) is 0 Å². The third kappa shape index (κ3) is 2.94. The number of hydrogen-bond acceptors (Lipinski definition) is 5. The van der Waals surface area contributed by atoms with E-state index in [9.17, 15) is 14.2 Å². The zero-order valence-electron chi connectivity index (χ0n) is 9.92. The third-order valence-electron chi connectivity index (χ3n) is 2.69. The number of ketones is 1. The Morgan fingerprint density at radius 3 is 2.35 bits per heavy atom. The summed E-state index contributed by atoms with van der Waals surface area (Å²) in [5, 5.41) is 9.02. The molecule has 1 N–H and O–H groups in total. The van der Waals surface area contributed by atoms with Crippen molar-refractivity contribution in [3.63, 3.8) is 0 Å². The molecule has 0 heterocycles. The molecule has 0 saturated heterocycles. The Morgan fingerprint density at radius 2 is 1.94 bits per heavy atom. The Hall–Kier alpha value is -0.710. The smallest absolute Gasteiger partial charge is 0.341 e. The van der Waals surface area contributed by atoms with E-state index in [4.69, 9.17) is 14.2 Å². The first-order chi connectivity index (χ1) is 7.96. The summed E-state index contributed by atoms with van der Waals surface area (Å²) in [7, 11) is -3.66. The normalized spacial score (nSPS) is 25.2. The number of hydrogen-bond donors (Lipinski definition) is 1. The van der Waals surface area contributed by atoms with Gasteiger partial charge < -0.3 is 14.2 Å². The maximum absolute atomic E-state index is 12.4. The molecular weight excluding hydrogens is 247 g/mol. The van der Waals surface area contributed by atoms with Gasteiger partial charge >= 0.3 is 13.6 Å². The van der Waals surface area contributed by atoms with Crippen molar-refractivity contribution in [1.82, 2.24) is 0 Å². The number of rotatable bonds is 6. The second kappa shape index (κ2) is 5.76. The predicted octanol–water partition coefficient (Wildman–Crippen LogP) is 1.68. The van der Waals surface area contributed by atoms with E-state index in [2.05, 4.69) is 0 Å². The van der Waals surface area contributed by atoms with E-state index in [0.717, 1.165) is 0 Å². The summed E-state index contributed by atoms with van der Waals surface area (Å²) in [6.45, 7) is 3.49. The largest absolute Gasteiger partial charge is 0.481 e. The van der Waals surface area contributed by atoms with E-state index in [1.54, 1.807) is 13.8 Å². The van der Waals surface area contributed by atoms with Gasteiger partial charge in [0.25, 0.3) is 0 Å². The van der Waals surface area contributed by atoms with E-state index in [0.29, 0.717) is 0 Å². The highest BCUT2D eigenvalue weighted by Crippen LogP contribution is 2.58. The predicted molar refractivity (Wildman–Crippen MR) is 60.0 cm³/mol. The lowest BCUT2D eigenvalue weighted by molar-refractivity contribution is -0.142. The van der Waals surface area contributed by atoms with E-state index in [-0.39, 0.29) is 31.8 Å². The van der Waals surface area contributed by atoms with Gasteiger partial charge in [0.1, 0.15) is 11.4 Å². The number of carbonyl (C=O) groups is 2. The van der Waals surface area contributed by atoms with Gasteiger partial charge in [-0.15, -0.1) is 0 Å². The molecule has 0 bridgehead atoms. The Labute approximate surface area is 99.8 Å². The first kappa shape index (κ1) is 14.4. The van der Waals surface area contributed by atoms with Crippen LogP contribution in [0.5, 0.6) is 0 Å². The van der Waals surface area contributed by atoms with Gasteiger partial charge in [-0.1, -0.05) is 0 Å². The lowest BCUT2D eigenvalue weighted by Crippen LogP contribution is -2.29. The van der Waals surface area contributed by atoms with Crippen LogP contribution in [-0.2, 0) is 23.2 Å². The highest BCUT2D eigenvalue weighted by Gasteiger charge is 2.52. The summed E-state index contributed by atoms with van der Waals surface area (Å²) < 4.78 is 22.5. The van der Waals surface area contributed by atoms with E-state index < -0.39 is 25.1 Å². The molecule has 2 unspecified atom stereocenters. The molecule has 0 spiro atoms. The Morgan fingerprint density at radius 1 is 1.41 bits per heavy atom. The topological polar surface area (TPSA) is 89.9 Å². The number of Topliss-reactive ketones (excluding diaryl/α,β-unsaturated/α-hetero) is 1. The average molecular weight is 264 g/mol. The Bertz CT molecular complexity index is 343. The fraction of sp³-hybridized carbons (Fsp3) is 0.800. The maximum Gasteiger partial charge on any atom is 0.341 e. The molecule has 0 aliphatic heterocycles. The van der Waals surface area contributed by atoms with Crippen LogP contribution in [-0.4, -0.2) is 35.7 Å². The minimum absolute atomic E-state index is 0.117. The molecule has 0 aromatic carbocycles. The molecule has 0 radical (unpaired) electrons. The number of aliphatic carboxylic acids is 1. The van der Waals surface area contributed by atoms with Gasteiger partial charge in [-0.2, -0.15) is 0 Å². The zero-order chi connectivity index (χ0) is 13.1. The lowest BCUT2D eigenvalue weighted by atomic mass is 10.1.